The molecule has 0 aliphatic carbocycles. The molecule has 0 radical (unpaired) electrons. The summed E-state index contributed by atoms with van der Waals surface area (Å²) in [6.45, 7) is 22.6. The van der Waals surface area contributed by atoms with Crippen LogP contribution in [0.1, 0.15) is 131 Å². The maximum absolute atomic E-state index is 14.8. The molecule has 0 bridgehead atoms. The van der Waals surface area contributed by atoms with Crippen molar-refractivity contribution in [2.45, 2.75) is 212 Å². The van der Waals surface area contributed by atoms with Crippen LogP contribution in [0.5, 0.6) is 0 Å². The number of nitrogens with zero attached hydrogens (tertiary/aromatic N) is 4. The van der Waals surface area contributed by atoms with Gasteiger partial charge >= 0.3 is 18.0 Å². The van der Waals surface area contributed by atoms with Gasteiger partial charge < -0.3 is 72.5 Å². The number of rotatable bonds is 19. The van der Waals surface area contributed by atoms with Crippen LogP contribution in [0.25, 0.3) is 11.0 Å². The molecule has 18 atom stereocenters. The minimum Gasteiger partial charge on any atom is -0.477 e. The monoisotopic (exact) mass is 1100 g/mol. The van der Waals surface area contributed by atoms with Crippen LogP contribution in [-0.2, 0) is 65.2 Å². The summed E-state index contributed by atoms with van der Waals surface area (Å²) in [6.07, 6.45) is -1.69. The largest absolute Gasteiger partial charge is 0.477 e. The van der Waals surface area contributed by atoms with E-state index in [0.717, 1.165) is 25.1 Å². The summed E-state index contributed by atoms with van der Waals surface area (Å²) in [7, 11) is 8.99. The summed E-state index contributed by atoms with van der Waals surface area (Å²) in [5.74, 6) is -5.16. The Hall–Kier alpha value is -4.16. The summed E-state index contributed by atoms with van der Waals surface area (Å²) in [5.41, 5.74) is -3.06. The molecule has 4 fully saturated rings. The lowest BCUT2D eigenvalue weighted by molar-refractivity contribution is -0.322. The van der Waals surface area contributed by atoms with Crippen LogP contribution in [0.4, 0.5) is 4.79 Å². The van der Waals surface area contributed by atoms with E-state index >= 15 is 0 Å². The van der Waals surface area contributed by atoms with E-state index in [4.69, 9.17) is 42.6 Å². The van der Waals surface area contributed by atoms with Crippen molar-refractivity contribution in [3.05, 3.63) is 39.8 Å². The van der Waals surface area contributed by atoms with Crippen LogP contribution in [0.2, 0.25) is 0 Å². The lowest BCUT2D eigenvalue weighted by atomic mass is 9.73. The highest BCUT2D eigenvalue weighted by atomic mass is 16.7. The Morgan fingerprint density at radius 2 is 1.58 bits per heavy atom. The number of esters is 1. The molecular weight excluding hydrogens is 1010 g/mol. The number of hydrogen-bond donors (Lipinski definition) is 3. The third kappa shape index (κ3) is 13.6. The molecular formula is C57H91N5O16. The van der Waals surface area contributed by atoms with Gasteiger partial charge in [0.25, 0.3) is 0 Å². The second-order valence-corrected chi connectivity index (χ2v) is 23.4. The Kier molecular flexibility index (Phi) is 21.2. The Morgan fingerprint density at radius 3 is 2.21 bits per heavy atom. The number of likely N-dealkylation sites (N-methyl/N-ethyl adjacent to an activating group) is 1. The summed E-state index contributed by atoms with van der Waals surface area (Å²) in [5, 5.41) is 24.6. The topological polar surface area (TPSA) is 245 Å². The Balaban J connectivity index is 1.20. The zero-order valence-electron chi connectivity index (χ0n) is 49.1. The summed E-state index contributed by atoms with van der Waals surface area (Å²) in [4.78, 5) is 75.9. The van der Waals surface area contributed by atoms with Crippen molar-refractivity contribution in [2.75, 3.05) is 55.1 Å². The van der Waals surface area contributed by atoms with E-state index in [1.807, 2.05) is 81.4 Å². The van der Waals surface area contributed by atoms with Gasteiger partial charge in [-0.1, -0.05) is 27.7 Å². The number of Topliss-reactive ketones (excluding diaryl/α,β-unsaturated/α-hetero) is 1. The molecule has 0 unspecified atom stereocenters. The number of carbonyl (C=O) groups excluding carboxylic acids is 3. The highest BCUT2D eigenvalue weighted by Crippen LogP contribution is 2.43. The zero-order chi connectivity index (χ0) is 57.8. The number of methoxy groups -OCH3 is 2. The molecule has 1 amide bonds. The maximum atomic E-state index is 14.8. The van der Waals surface area contributed by atoms with E-state index in [1.165, 1.54) is 6.20 Å². The van der Waals surface area contributed by atoms with Crippen molar-refractivity contribution in [3.63, 3.8) is 0 Å². The number of aryl methyl sites for hydroxylation is 2. The number of pyridine rings is 2. The van der Waals surface area contributed by atoms with E-state index in [0.29, 0.717) is 43.4 Å². The first-order valence-corrected chi connectivity index (χ1v) is 28.0. The lowest BCUT2D eigenvalue weighted by Crippen LogP contribution is -2.61. The third-order valence-electron chi connectivity index (χ3n) is 17.4. The molecule has 21 nitrogen and oxygen atoms in total. The highest BCUT2D eigenvalue weighted by molar-refractivity contribution is 5.91. The molecule has 4 aliphatic heterocycles. The third-order valence-corrected chi connectivity index (χ3v) is 17.4. The molecule has 78 heavy (non-hydrogen) atoms. The predicted molar refractivity (Wildman–Crippen MR) is 289 cm³/mol. The second kappa shape index (κ2) is 26.2. The Morgan fingerprint density at radius 1 is 0.910 bits per heavy atom. The van der Waals surface area contributed by atoms with Crippen LogP contribution >= 0.6 is 0 Å². The van der Waals surface area contributed by atoms with Crippen LogP contribution in [0, 0.1) is 23.7 Å². The Labute approximate surface area is 460 Å². The van der Waals surface area contributed by atoms with E-state index in [2.05, 4.69) is 15.2 Å². The number of alkyl carbamates (subject to hydrolysis) is 1. The standard InChI is InChI=1S/C57H91N5O16/c1-17-41-57(11)47(59-54(69)78-57)33(5)43(63)31(3)27-55(9,70-15)48(77-53-45(65)40(60(12)13)25-32(4)73-53)34(6)46(35(7)52(68)75-41)76-42-28-56(10,71-16)49(36(8)74-42)72-24-20-23-61(14)22-19-21-37-26-38-44(64)39(51(66)67)30-62(18-2)50(38)58-29-37/h26,29-36,40-42,45-49,53,65H,17-25,27-28H2,1-16H3,(H,59,69)(H,66,67)/t31-,32-,33-,34+,35-,36+,40+,41-,42+,45-,46+,47-,48-,49+,53+,55-,56-,57-/m1/s1. The number of ketones is 1. The zero-order valence-corrected chi connectivity index (χ0v) is 49.1. The van der Waals surface area contributed by atoms with Gasteiger partial charge in [0.1, 0.15) is 35.3 Å². The summed E-state index contributed by atoms with van der Waals surface area (Å²) < 4.78 is 60.4. The molecule has 4 aliphatic rings. The number of hydrogen-bond acceptors (Lipinski definition) is 18. The van der Waals surface area contributed by atoms with E-state index in [9.17, 15) is 34.2 Å². The van der Waals surface area contributed by atoms with Crippen molar-refractivity contribution in [3.8, 4) is 0 Å². The normalized spacial score (nSPS) is 37.2. The van der Waals surface area contributed by atoms with Crippen LogP contribution < -0.4 is 10.7 Å². The predicted octanol–water partition coefficient (Wildman–Crippen LogP) is 5.60. The minimum atomic E-state index is -1.39. The van der Waals surface area contributed by atoms with Crippen LogP contribution in [-0.4, -0.2) is 193 Å². The lowest BCUT2D eigenvalue weighted by Gasteiger charge is -2.50. The number of aliphatic hydroxyl groups excluding tert-OH is 1. The molecule has 4 saturated heterocycles. The number of fused-ring (bicyclic) bond motifs is 2. The molecule has 21 heteroatoms. The number of ether oxygens (including phenoxy) is 9. The van der Waals surface area contributed by atoms with Gasteiger partial charge in [0.05, 0.1) is 53.0 Å². The molecule has 0 saturated carbocycles. The van der Waals surface area contributed by atoms with E-state index in [-0.39, 0.29) is 42.8 Å². The molecule has 0 spiro atoms. The fraction of sp³-hybridized carbons (Fsp3) is 0.789. The number of carbonyl (C=O) groups is 4. The number of carboxylic acids is 1. The molecule has 6 rings (SSSR count). The van der Waals surface area contributed by atoms with Crippen LogP contribution in [0.3, 0.4) is 0 Å². The van der Waals surface area contributed by atoms with Gasteiger partial charge in [-0.15, -0.1) is 0 Å². The number of aromatic nitrogens is 2. The van der Waals surface area contributed by atoms with Gasteiger partial charge in [-0.05, 0) is 126 Å². The van der Waals surface area contributed by atoms with Crippen molar-refractivity contribution >= 4 is 34.8 Å². The SMILES string of the molecule is CC[C@H]1OC(=O)[C@H](C)[C@@H](O[C@H]2C[C@@](C)(OC)[C@@H](OCCCN(C)CCCc3cnc4c(c3)c(=O)c(C(=O)O)cn4CC)[C@H](C)O2)[C@H](C)[C@@H](O[C@@H]2O[C@H](C)C[C@H](N(C)C)[C@H]2O)[C@](C)(OC)C[C@@H](C)C(=O)[C@@H](C)[C@H]2NC(=O)O[C@@]21C. The molecule has 3 N–H and O–H groups in total. The molecule has 6 heterocycles. The molecule has 0 aromatic carbocycles. The number of cyclic esters (lactones) is 1. The van der Waals surface area contributed by atoms with E-state index in [1.54, 1.807) is 51.8 Å². The fourth-order valence-corrected chi connectivity index (χ4v) is 12.7. The van der Waals surface area contributed by atoms with Crippen molar-refractivity contribution < 1.29 is 72.0 Å². The number of carboxylic acid groups (broad SMARTS) is 1. The van der Waals surface area contributed by atoms with Gasteiger partial charge in [0, 0.05) is 76.5 Å². The fourth-order valence-electron chi connectivity index (χ4n) is 12.7. The average Bonchev–Trinajstić information content (AvgIpc) is 3.79. The van der Waals surface area contributed by atoms with Gasteiger partial charge in [0.15, 0.2) is 18.2 Å². The number of aliphatic hydroxyl groups is 1. The minimum absolute atomic E-state index is 0.149. The van der Waals surface area contributed by atoms with Crippen molar-refractivity contribution in [1.82, 2.24) is 24.7 Å². The van der Waals surface area contributed by atoms with Crippen LogP contribution in [0.15, 0.2) is 23.3 Å². The van der Waals surface area contributed by atoms with Gasteiger partial charge in [-0.2, -0.15) is 0 Å². The highest BCUT2D eigenvalue weighted by Gasteiger charge is 2.58. The average molecular weight is 1100 g/mol. The Bertz CT molecular complexity index is 2460. The molecule has 440 valence electrons. The van der Waals surface area contributed by atoms with Gasteiger partial charge in [-0.3, -0.25) is 14.4 Å². The first-order valence-electron chi connectivity index (χ1n) is 28.0. The number of nitrogens with one attached hydrogen (secondary N) is 1. The number of aromatic carboxylic acids is 1. The number of amides is 1. The first kappa shape index (κ1) is 63.0. The smallest absolute Gasteiger partial charge is 0.408 e. The quantitative estimate of drug-likeness (QED) is 0.114. The van der Waals surface area contributed by atoms with E-state index < -0.39 is 119 Å². The molecule has 2 aromatic heterocycles. The molecule has 2 aromatic rings. The van der Waals surface area contributed by atoms with Gasteiger partial charge in [0.2, 0.25) is 5.43 Å². The summed E-state index contributed by atoms with van der Waals surface area (Å²) in [6, 6.07) is 0.623. The maximum Gasteiger partial charge on any atom is 0.408 e. The first-order chi connectivity index (χ1) is 36.7. The van der Waals surface area contributed by atoms with Crippen molar-refractivity contribution in [2.24, 2.45) is 23.7 Å². The summed E-state index contributed by atoms with van der Waals surface area (Å²) >= 11 is 0. The van der Waals surface area contributed by atoms with Gasteiger partial charge in [-0.25, -0.2) is 14.6 Å². The second-order valence-electron chi connectivity index (χ2n) is 23.4. The van der Waals surface area contributed by atoms with Crippen molar-refractivity contribution in [1.29, 1.82) is 0 Å².